The highest BCUT2D eigenvalue weighted by molar-refractivity contribution is 5.59. The number of hydrogen-bond acceptors (Lipinski definition) is 3. The smallest absolute Gasteiger partial charge is 0.150 e. The molecule has 0 aliphatic carbocycles. The van der Waals surface area contributed by atoms with E-state index < -0.39 is 6.10 Å². The van der Waals surface area contributed by atoms with Crippen molar-refractivity contribution >= 4 is 5.69 Å². The molecule has 3 nitrogen and oxygen atoms in total. The number of aliphatic hydroxyl groups excluding tert-OH is 1. The van der Waals surface area contributed by atoms with Crippen molar-refractivity contribution in [2.75, 3.05) is 5.73 Å². The van der Waals surface area contributed by atoms with Crippen molar-refractivity contribution in [1.82, 2.24) is 0 Å². The van der Waals surface area contributed by atoms with Crippen molar-refractivity contribution in [3.8, 4) is 11.5 Å². The Hall–Kier alpha value is -2.00. The SMILES string of the molecule is Cc1cccc(Oc2ccccc2C(C)O)c1N. The number of anilines is 1. The summed E-state index contributed by atoms with van der Waals surface area (Å²) in [5, 5.41) is 9.70. The number of aliphatic hydroxyl groups is 1. The molecule has 0 saturated heterocycles. The Morgan fingerprint density at radius 3 is 2.44 bits per heavy atom. The largest absolute Gasteiger partial charge is 0.455 e. The van der Waals surface area contributed by atoms with Gasteiger partial charge in [-0.25, -0.2) is 0 Å². The molecule has 0 fully saturated rings. The van der Waals surface area contributed by atoms with Crippen molar-refractivity contribution in [2.24, 2.45) is 0 Å². The van der Waals surface area contributed by atoms with E-state index in [9.17, 15) is 5.11 Å². The number of benzene rings is 2. The van der Waals surface area contributed by atoms with Crippen LogP contribution >= 0.6 is 0 Å². The molecule has 1 atom stereocenters. The van der Waals surface area contributed by atoms with Gasteiger partial charge in [-0.05, 0) is 31.5 Å². The highest BCUT2D eigenvalue weighted by Gasteiger charge is 2.10. The zero-order valence-corrected chi connectivity index (χ0v) is 10.6. The Labute approximate surface area is 107 Å². The van der Waals surface area contributed by atoms with E-state index in [2.05, 4.69) is 0 Å². The lowest BCUT2D eigenvalue weighted by atomic mass is 10.1. The number of hydrogen-bond donors (Lipinski definition) is 2. The Morgan fingerprint density at radius 2 is 1.72 bits per heavy atom. The maximum Gasteiger partial charge on any atom is 0.150 e. The van der Waals surface area contributed by atoms with Crippen LogP contribution in [-0.4, -0.2) is 5.11 Å². The van der Waals surface area contributed by atoms with E-state index >= 15 is 0 Å². The Bertz CT molecular complexity index is 550. The second-order valence-electron chi connectivity index (χ2n) is 4.30. The second-order valence-corrected chi connectivity index (χ2v) is 4.30. The Morgan fingerprint density at radius 1 is 1.06 bits per heavy atom. The average Bonchev–Trinajstić information content (AvgIpc) is 2.35. The van der Waals surface area contributed by atoms with Crippen LogP contribution in [-0.2, 0) is 0 Å². The number of ether oxygens (including phenoxy) is 1. The van der Waals surface area contributed by atoms with E-state index in [1.54, 1.807) is 6.92 Å². The molecular weight excluding hydrogens is 226 g/mol. The molecule has 0 saturated carbocycles. The Balaban J connectivity index is 2.37. The lowest BCUT2D eigenvalue weighted by Crippen LogP contribution is -1.98. The summed E-state index contributed by atoms with van der Waals surface area (Å²) in [6.45, 7) is 3.64. The summed E-state index contributed by atoms with van der Waals surface area (Å²) in [5.41, 5.74) is 8.31. The van der Waals surface area contributed by atoms with Gasteiger partial charge in [0.05, 0.1) is 11.8 Å². The second kappa shape index (κ2) is 5.10. The lowest BCUT2D eigenvalue weighted by Gasteiger charge is -2.14. The van der Waals surface area contributed by atoms with Crippen molar-refractivity contribution in [1.29, 1.82) is 0 Å². The van der Waals surface area contributed by atoms with Gasteiger partial charge in [0, 0.05) is 5.56 Å². The molecule has 18 heavy (non-hydrogen) atoms. The molecule has 0 aromatic heterocycles. The van der Waals surface area contributed by atoms with Crippen LogP contribution in [0.1, 0.15) is 24.2 Å². The average molecular weight is 243 g/mol. The van der Waals surface area contributed by atoms with Gasteiger partial charge < -0.3 is 15.6 Å². The van der Waals surface area contributed by atoms with Gasteiger partial charge in [0.15, 0.2) is 5.75 Å². The molecule has 0 aliphatic rings. The van der Waals surface area contributed by atoms with Gasteiger partial charge in [0.25, 0.3) is 0 Å². The van der Waals surface area contributed by atoms with Crippen molar-refractivity contribution in [2.45, 2.75) is 20.0 Å². The van der Waals surface area contributed by atoms with E-state index in [0.29, 0.717) is 17.2 Å². The molecule has 0 heterocycles. The van der Waals surface area contributed by atoms with Gasteiger partial charge >= 0.3 is 0 Å². The van der Waals surface area contributed by atoms with Gasteiger partial charge in [0.2, 0.25) is 0 Å². The third kappa shape index (κ3) is 2.46. The maximum atomic E-state index is 9.70. The first kappa shape index (κ1) is 12.5. The van der Waals surface area contributed by atoms with Gasteiger partial charge in [0.1, 0.15) is 5.75 Å². The van der Waals surface area contributed by atoms with Crippen molar-refractivity contribution < 1.29 is 9.84 Å². The fourth-order valence-electron chi connectivity index (χ4n) is 1.78. The number of aryl methyl sites for hydroxylation is 1. The van der Waals surface area contributed by atoms with E-state index in [4.69, 9.17) is 10.5 Å². The van der Waals surface area contributed by atoms with Crippen LogP contribution in [0.4, 0.5) is 5.69 Å². The third-order valence-corrected chi connectivity index (χ3v) is 2.87. The van der Waals surface area contributed by atoms with E-state index in [1.165, 1.54) is 0 Å². The number of nitrogen functional groups attached to an aromatic ring is 1. The Kier molecular flexibility index (Phi) is 3.53. The van der Waals surface area contributed by atoms with Crippen LogP contribution in [0, 0.1) is 6.92 Å². The van der Waals surface area contributed by atoms with Crippen molar-refractivity contribution in [3.05, 3.63) is 53.6 Å². The third-order valence-electron chi connectivity index (χ3n) is 2.87. The highest BCUT2D eigenvalue weighted by atomic mass is 16.5. The predicted molar refractivity (Wildman–Crippen MR) is 72.7 cm³/mol. The van der Waals surface area contributed by atoms with E-state index in [1.807, 2.05) is 49.4 Å². The molecule has 2 aromatic rings. The molecular formula is C15H17NO2. The summed E-state index contributed by atoms with van der Waals surface area (Å²) >= 11 is 0. The normalized spacial score (nSPS) is 12.2. The zero-order chi connectivity index (χ0) is 13.1. The summed E-state index contributed by atoms with van der Waals surface area (Å²) in [7, 11) is 0. The van der Waals surface area contributed by atoms with Crippen LogP contribution in [0.25, 0.3) is 0 Å². The lowest BCUT2D eigenvalue weighted by molar-refractivity contribution is 0.195. The predicted octanol–water partition coefficient (Wildman–Crippen LogP) is 3.42. The standard InChI is InChI=1S/C15H17NO2/c1-10-6-5-9-14(15(10)16)18-13-8-4-3-7-12(13)11(2)17/h3-9,11,17H,16H2,1-2H3. The minimum absolute atomic E-state index is 0.577. The van der Waals surface area contributed by atoms with Gasteiger partial charge in [-0.1, -0.05) is 30.3 Å². The molecule has 0 radical (unpaired) electrons. The van der Waals surface area contributed by atoms with Crippen LogP contribution < -0.4 is 10.5 Å². The monoisotopic (exact) mass is 243 g/mol. The molecule has 0 bridgehead atoms. The van der Waals surface area contributed by atoms with Crippen LogP contribution in [0.2, 0.25) is 0 Å². The first-order valence-electron chi connectivity index (χ1n) is 5.89. The van der Waals surface area contributed by atoms with E-state index in [-0.39, 0.29) is 0 Å². The fraction of sp³-hybridized carbons (Fsp3) is 0.200. The molecule has 2 aromatic carbocycles. The quantitative estimate of drug-likeness (QED) is 0.812. The highest BCUT2D eigenvalue weighted by Crippen LogP contribution is 2.33. The summed E-state index contributed by atoms with van der Waals surface area (Å²) in [6.07, 6.45) is -0.577. The van der Waals surface area contributed by atoms with Gasteiger partial charge in [-0.3, -0.25) is 0 Å². The number of nitrogens with two attached hydrogens (primary N) is 1. The molecule has 94 valence electrons. The zero-order valence-electron chi connectivity index (χ0n) is 10.6. The minimum Gasteiger partial charge on any atom is -0.455 e. The summed E-state index contributed by atoms with van der Waals surface area (Å²) in [5.74, 6) is 1.24. The molecule has 0 amide bonds. The fourth-order valence-corrected chi connectivity index (χ4v) is 1.78. The van der Waals surface area contributed by atoms with E-state index in [0.717, 1.165) is 11.1 Å². The summed E-state index contributed by atoms with van der Waals surface area (Å²) in [6, 6.07) is 13.0. The first-order valence-corrected chi connectivity index (χ1v) is 5.89. The maximum absolute atomic E-state index is 9.70. The molecule has 3 N–H and O–H groups in total. The summed E-state index contributed by atoms with van der Waals surface area (Å²) in [4.78, 5) is 0. The number of para-hydroxylation sites is 2. The van der Waals surface area contributed by atoms with Gasteiger partial charge in [-0.15, -0.1) is 0 Å². The molecule has 1 unspecified atom stereocenters. The first-order chi connectivity index (χ1) is 8.59. The summed E-state index contributed by atoms with van der Waals surface area (Å²) < 4.78 is 5.80. The molecule has 2 rings (SSSR count). The minimum atomic E-state index is -0.577. The molecule has 0 aliphatic heterocycles. The topological polar surface area (TPSA) is 55.5 Å². The van der Waals surface area contributed by atoms with Crippen LogP contribution in [0.15, 0.2) is 42.5 Å². The van der Waals surface area contributed by atoms with Crippen LogP contribution in [0.5, 0.6) is 11.5 Å². The van der Waals surface area contributed by atoms with Crippen LogP contribution in [0.3, 0.4) is 0 Å². The van der Waals surface area contributed by atoms with Crippen molar-refractivity contribution in [3.63, 3.8) is 0 Å². The van der Waals surface area contributed by atoms with Gasteiger partial charge in [-0.2, -0.15) is 0 Å². The molecule has 3 heteroatoms. The molecule has 0 spiro atoms. The number of rotatable bonds is 3.